The summed E-state index contributed by atoms with van der Waals surface area (Å²) >= 11 is 5.75. The van der Waals surface area contributed by atoms with Crippen LogP contribution in [0.3, 0.4) is 0 Å². The molecule has 1 aromatic carbocycles. The lowest BCUT2D eigenvalue weighted by atomic mass is 9.97. The van der Waals surface area contributed by atoms with Gasteiger partial charge in [0.05, 0.1) is 18.2 Å². The van der Waals surface area contributed by atoms with Gasteiger partial charge in [0.1, 0.15) is 17.0 Å². The molecule has 2 heterocycles. The van der Waals surface area contributed by atoms with E-state index in [4.69, 9.17) is 25.8 Å². The highest BCUT2D eigenvalue weighted by Gasteiger charge is 2.29. The van der Waals surface area contributed by atoms with E-state index in [0.29, 0.717) is 37.6 Å². The number of nitrogens with one attached hydrogen (secondary N) is 1. The van der Waals surface area contributed by atoms with E-state index in [2.05, 4.69) is 10.3 Å². The third-order valence-corrected chi connectivity index (χ3v) is 4.78. The number of benzene rings is 1. The van der Waals surface area contributed by atoms with Crippen molar-refractivity contribution >= 4 is 17.7 Å². The second-order valence-electron chi connectivity index (χ2n) is 8.20. The van der Waals surface area contributed by atoms with Crippen LogP contribution >= 0.6 is 11.6 Å². The van der Waals surface area contributed by atoms with Crippen molar-refractivity contribution in [3.63, 3.8) is 0 Å². The molecular formula is C22H26ClFN2O4. The molecule has 2 aromatic rings. The van der Waals surface area contributed by atoms with Crippen LogP contribution in [0.5, 0.6) is 5.75 Å². The Bertz CT molecular complexity index is 870. The molecular weight excluding hydrogens is 411 g/mol. The second kappa shape index (κ2) is 9.62. The van der Waals surface area contributed by atoms with Gasteiger partial charge in [0, 0.05) is 30.3 Å². The lowest BCUT2D eigenvalue weighted by molar-refractivity contribution is 0.00439. The molecule has 6 nitrogen and oxygen atoms in total. The Morgan fingerprint density at radius 3 is 2.73 bits per heavy atom. The van der Waals surface area contributed by atoms with Gasteiger partial charge in [0.15, 0.2) is 5.82 Å². The van der Waals surface area contributed by atoms with Gasteiger partial charge in [-0.2, -0.15) is 0 Å². The van der Waals surface area contributed by atoms with E-state index in [9.17, 15) is 9.18 Å². The van der Waals surface area contributed by atoms with Crippen molar-refractivity contribution in [2.75, 3.05) is 19.8 Å². The van der Waals surface area contributed by atoms with Crippen molar-refractivity contribution in [2.24, 2.45) is 5.92 Å². The molecule has 0 radical (unpaired) electrons. The van der Waals surface area contributed by atoms with Crippen LogP contribution in [0.25, 0.3) is 11.3 Å². The molecule has 162 valence electrons. The summed E-state index contributed by atoms with van der Waals surface area (Å²) < 4.78 is 30.8. The second-order valence-corrected chi connectivity index (χ2v) is 8.63. The maximum atomic E-state index is 14.0. The minimum absolute atomic E-state index is 0.0127. The lowest BCUT2D eigenvalue weighted by Gasteiger charge is -2.32. The number of hydrogen-bond acceptors (Lipinski definition) is 5. The molecule has 1 N–H and O–H groups in total. The Hall–Kier alpha value is -2.38. The van der Waals surface area contributed by atoms with Crippen LogP contribution in [0.1, 0.15) is 27.2 Å². The van der Waals surface area contributed by atoms with Crippen molar-refractivity contribution in [1.82, 2.24) is 10.3 Å². The lowest BCUT2D eigenvalue weighted by Crippen LogP contribution is -2.48. The number of rotatable bonds is 5. The first-order chi connectivity index (χ1) is 14.2. The number of amides is 1. The van der Waals surface area contributed by atoms with E-state index in [0.717, 1.165) is 0 Å². The summed E-state index contributed by atoms with van der Waals surface area (Å²) in [4.78, 5) is 16.2. The molecule has 0 aliphatic carbocycles. The number of ether oxygens (including phenoxy) is 3. The van der Waals surface area contributed by atoms with Crippen LogP contribution < -0.4 is 10.1 Å². The van der Waals surface area contributed by atoms with Gasteiger partial charge in [-0.05, 0) is 57.5 Å². The summed E-state index contributed by atoms with van der Waals surface area (Å²) in [6, 6.07) is 8.12. The standard InChI is InChI=1S/C22H26ClFN2O4/c1-22(2,3)30-21(27)26-19-8-9-28-12-15(19)13-29-17-6-4-14(5-7-17)20-18(24)10-16(23)11-25-20/h4-7,10-11,15,19H,8-9,12-13H2,1-3H3,(H,26,27)/t15-,19+/m1/s1. The smallest absolute Gasteiger partial charge is 0.407 e. The van der Waals surface area contributed by atoms with Gasteiger partial charge in [-0.15, -0.1) is 0 Å². The van der Waals surface area contributed by atoms with E-state index in [-0.39, 0.29) is 22.7 Å². The minimum atomic E-state index is -0.554. The van der Waals surface area contributed by atoms with E-state index >= 15 is 0 Å². The van der Waals surface area contributed by atoms with Crippen molar-refractivity contribution in [2.45, 2.75) is 38.8 Å². The molecule has 0 unspecified atom stereocenters. The zero-order chi connectivity index (χ0) is 21.7. The highest BCUT2D eigenvalue weighted by molar-refractivity contribution is 6.30. The molecule has 1 saturated heterocycles. The first-order valence-corrected chi connectivity index (χ1v) is 10.2. The van der Waals surface area contributed by atoms with Gasteiger partial charge in [0.25, 0.3) is 0 Å². The normalized spacial score (nSPS) is 19.2. The maximum absolute atomic E-state index is 14.0. The zero-order valence-electron chi connectivity index (χ0n) is 17.3. The summed E-state index contributed by atoms with van der Waals surface area (Å²) in [5, 5.41) is 3.17. The first-order valence-electron chi connectivity index (χ1n) is 9.83. The number of aromatic nitrogens is 1. The Morgan fingerprint density at radius 1 is 1.33 bits per heavy atom. The fourth-order valence-corrected chi connectivity index (χ4v) is 3.29. The molecule has 2 atom stereocenters. The SMILES string of the molecule is CC(C)(C)OC(=O)N[C@H]1CCOC[C@@H]1COc1ccc(-c2ncc(Cl)cc2F)cc1. The van der Waals surface area contributed by atoms with Crippen molar-refractivity contribution < 1.29 is 23.4 Å². The number of carbonyl (C=O) groups is 1. The number of nitrogens with zero attached hydrogens (tertiary/aromatic N) is 1. The average molecular weight is 437 g/mol. The fraction of sp³-hybridized carbons (Fsp3) is 0.455. The zero-order valence-corrected chi connectivity index (χ0v) is 18.0. The quantitative estimate of drug-likeness (QED) is 0.725. The van der Waals surface area contributed by atoms with Gasteiger partial charge in [0.2, 0.25) is 0 Å². The van der Waals surface area contributed by atoms with E-state index in [1.54, 1.807) is 24.3 Å². The highest BCUT2D eigenvalue weighted by Crippen LogP contribution is 2.25. The van der Waals surface area contributed by atoms with Crippen molar-refractivity contribution in [3.05, 3.63) is 47.4 Å². The van der Waals surface area contributed by atoms with Crippen molar-refractivity contribution in [1.29, 1.82) is 0 Å². The van der Waals surface area contributed by atoms with Crippen LogP contribution in [0, 0.1) is 11.7 Å². The molecule has 1 amide bonds. The molecule has 3 rings (SSSR count). The molecule has 1 aromatic heterocycles. The Balaban J connectivity index is 1.58. The van der Waals surface area contributed by atoms with Crippen LogP contribution in [0.2, 0.25) is 5.02 Å². The number of alkyl carbamates (subject to hydrolysis) is 1. The molecule has 1 aliphatic heterocycles. The van der Waals surface area contributed by atoms with Crippen LogP contribution in [0.4, 0.5) is 9.18 Å². The van der Waals surface area contributed by atoms with Crippen LogP contribution in [-0.2, 0) is 9.47 Å². The Kier molecular flexibility index (Phi) is 7.15. The number of pyridine rings is 1. The number of halogens is 2. The molecule has 1 aliphatic rings. The van der Waals surface area contributed by atoms with E-state index < -0.39 is 17.5 Å². The number of hydrogen-bond donors (Lipinski definition) is 1. The van der Waals surface area contributed by atoms with Crippen LogP contribution in [-0.4, -0.2) is 42.5 Å². The summed E-state index contributed by atoms with van der Waals surface area (Å²) in [7, 11) is 0. The maximum Gasteiger partial charge on any atom is 0.407 e. The summed E-state index contributed by atoms with van der Waals surface area (Å²) in [5.74, 6) is 0.141. The fourth-order valence-electron chi connectivity index (χ4n) is 3.15. The molecule has 1 fully saturated rings. The predicted octanol–water partition coefficient (Wildman–Crippen LogP) is 4.85. The molecule has 0 saturated carbocycles. The topological polar surface area (TPSA) is 69.7 Å². The van der Waals surface area contributed by atoms with Gasteiger partial charge in [-0.1, -0.05) is 11.6 Å². The average Bonchev–Trinajstić information content (AvgIpc) is 2.66. The molecule has 30 heavy (non-hydrogen) atoms. The number of carbonyl (C=O) groups excluding carboxylic acids is 1. The van der Waals surface area contributed by atoms with Gasteiger partial charge >= 0.3 is 6.09 Å². The Labute approximate surface area is 180 Å². The monoisotopic (exact) mass is 436 g/mol. The van der Waals surface area contributed by atoms with Crippen LogP contribution in [0.15, 0.2) is 36.5 Å². The third-order valence-electron chi connectivity index (χ3n) is 4.58. The van der Waals surface area contributed by atoms with E-state index in [1.807, 2.05) is 20.8 Å². The first kappa shape index (κ1) is 22.3. The predicted molar refractivity (Wildman–Crippen MR) is 112 cm³/mol. The summed E-state index contributed by atoms with van der Waals surface area (Å²) in [5.41, 5.74) is 0.303. The van der Waals surface area contributed by atoms with E-state index in [1.165, 1.54) is 12.3 Å². The van der Waals surface area contributed by atoms with Gasteiger partial charge < -0.3 is 19.5 Å². The minimum Gasteiger partial charge on any atom is -0.493 e. The van der Waals surface area contributed by atoms with Gasteiger partial charge in [-0.25, -0.2) is 9.18 Å². The molecule has 0 spiro atoms. The van der Waals surface area contributed by atoms with Gasteiger partial charge in [-0.3, -0.25) is 4.98 Å². The molecule has 8 heteroatoms. The van der Waals surface area contributed by atoms with Crippen molar-refractivity contribution in [3.8, 4) is 17.0 Å². The Morgan fingerprint density at radius 2 is 2.07 bits per heavy atom. The highest BCUT2D eigenvalue weighted by atomic mass is 35.5. The largest absolute Gasteiger partial charge is 0.493 e. The summed E-state index contributed by atoms with van der Waals surface area (Å²) in [6.07, 6.45) is 1.65. The molecule has 0 bridgehead atoms. The third kappa shape index (κ3) is 6.31. The summed E-state index contributed by atoms with van der Waals surface area (Å²) in [6.45, 7) is 6.90.